The highest BCUT2D eigenvalue weighted by atomic mass is 16.5. The van der Waals surface area contributed by atoms with Crippen LogP contribution in [0, 0.1) is 0 Å². The molecule has 0 spiro atoms. The van der Waals surface area contributed by atoms with Gasteiger partial charge in [-0.1, -0.05) is 5.21 Å². The Labute approximate surface area is 149 Å². The maximum atomic E-state index is 12.3. The Morgan fingerprint density at radius 3 is 2.73 bits per heavy atom. The summed E-state index contributed by atoms with van der Waals surface area (Å²) in [7, 11) is 5.19. The van der Waals surface area contributed by atoms with E-state index >= 15 is 0 Å². The SMILES string of the molecule is COc1ccc(-c2cnn(C)c2)c2c1CC(NC(=O)c1cn(C)nn1)=N2. The number of hydrogen-bond donors (Lipinski definition) is 1. The van der Waals surface area contributed by atoms with Crippen molar-refractivity contribution in [1.29, 1.82) is 0 Å². The van der Waals surface area contributed by atoms with E-state index in [-0.39, 0.29) is 11.6 Å². The number of benzene rings is 1. The fourth-order valence-corrected chi connectivity index (χ4v) is 2.96. The normalized spacial score (nSPS) is 12.7. The predicted molar refractivity (Wildman–Crippen MR) is 94.5 cm³/mol. The fourth-order valence-electron chi connectivity index (χ4n) is 2.96. The van der Waals surface area contributed by atoms with Crippen molar-refractivity contribution in [3.63, 3.8) is 0 Å². The third-order valence-corrected chi connectivity index (χ3v) is 4.16. The first-order valence-electron chi connectivity index (χ1n) is 7.99. The molecular formula is C17H17N7O2. The lowest BCUT2D eigenvalue weighted by Gasteiger charge is -2.09. The number of aromatic nitrogens is 5. The first-order valence-corrected chi connectivity index (χ1v) is 7.99. The van der Waals surface area contributed by atoms with E-state index in [1.807, 2.05) is 25.4 Å². The fraction of sp³-hybridized carbons (Fsp3) is 0.235. The van der Waals surface area contributed by atoms with Gasteiger partial charge in [-0.2, -0.15) is 5.10 Å². The lowest BCUT2D eigenvalue weighted by molar-refractivity contribution is 0.0971. The van der Waals surface area contributed by atoms with Gasteiger partial charge in [0.1, 0.15) is 11.6 Å². The highest BCUT2D eigenvalue weighted by Gasteiger charge is 2.25. The number of rotatable bonds is 3. The molecule has 0 aliphatic carbocycles. The summed E-state index contributed by atoms with van der Waals surface area (Å²) in [6.45, 7) is 0. The van der Waals surface area contributed by atoms with Crippen molar-refractivity contribution in [2.45, 2.75) is 6.42 Å². The van der Waals surface area contributed by atoms with E-state index in [0.29, 0.717) is 12.3 Å². The van der Waals surface area contributed by atoms with Gasteiger partial charge in [-0.05, 0) is 12.1 Å². The predicted octanol–water partition coefficient (Wildman–Crippen LogP) is 1.24. The Balaban J connectivity index is 1.68. The minimum absolute atomic E-state index is 0.241. The van der Waals surface area contributed by atoms with E-state index in [9.17, 15) is 4.79 Å². The van der Waals surface area contributed by atoms with Crippen LogP contribution in [-0.2, 0) is 20.5 Å². The smallest absolute Gasteiger partial charge is 0.278 e. The Bertz CT molecular complexity index is 1030. The zero-order valence-electron chi connectivity index (χ0n) is 14.6. The van der Waals surface area contributed by atoms with Gasteiger partial charge in [-0.15, -0.1) is 5.10 Å². The number of nitrogens with zero attached hydrogens (tertiary/aromatic N) is 6. The summed E-state index contributed by atoms with van der Waals surface area (Å²) >= 11 is 0. The van der Waals surface area contributed by atoms with Gasteiger partial charge in [-0.3, -0.25) is 14.2 Å². The van der Waals surface area contributed by atoms with Gasteiger partial charge in [0, 0.05) is 43.4 Å². The molecule has 0 saturated heterocycles. The summed E-state index contributed by atoms with van der Waals surface area (Å²) in [5.41, 5.74) is 3.86. The van der Waals surface area contributed by atoms with Crippen LogP contribution >= 0.6 is 0 Å². The third-order valence-electron chi connectivity index (χ3n) is 4.16. The molecule has 3 aromatic rings. The van der Waals surface area contributed by atoms with Gasteiger partial charge in [0.15, 0.2) is 5.69 Å². The average Bonchev–Trinajstić information content (AvgIpc) is 3.33. The third kappa shape index (κ3) is 2.73. The maximum absolute atomic E-state index is 12.3. The molecule has 26 heavy (non-hydrogen) atoms. The second-order valence-electron chi connectivity index (χ2n) is 6.01. The van der Waals surface area contributed by atoms with E-state index in [2.05, 4.69) is 25.7 Å². The highest BCUT2D eigenvalue weighted by Crippen LogP contribution is 2.41. The number of carbonyl (C=O) groups is 1. The Hall–Kier alpha value is -3.49. The van der Waals surface area contributed by atoms with Crippen molar-refractivity contribution < 1.29 is 9.53 Å². The number of methoxy groups -OCH3 is 1. The number of amidine groups is 1. The molecule has 1 aromatic carbocycles. The molecule has 132 valence electrons. The lowest BCUT2D eigenvalue weighted by Crippen LogP contribution is -2.30. The second-order valence-corrected chi connectivity index (χ2v) is 6.01. The van der Waals surface area contributed by atoms with Crippen LogP contribution in [-0.4, -0.2) is 43.6 Å². The first-order chi connectivity index (χ1) is 12.5. The number of carbonyl (C=O) groups excluding carboxylic acids is 1. The number of ether oxygens (including phenoxy) is 1. The summed E-state index contributed by atoms with van der Waals surface area (Å²) in [5, 5.41) is 14.6. The van der Waals surface area contributed by atoms with Crippen LogP contribution in [0.25, 0.3) is 11.1 Å². The molecule has 1 amide bonds. The molecule has 0 atom stereocenters. The minimum atomic E-state index is -0.341. The molecule has 0 bridgehead atoms. The molecule has 9 nitrogen and oxygen atoms in total. The molecule has 4 rings (SSSR count). The van der Waals surface area contributed by atoms with Crippen molar-refractivity contribution >= 4 is 17.4 Å². The van der Waals surface area contributed by atoms with Gasteiger partial charge < -0.3 is 10.1 Å². The van der Waals surface area contributed by atoms with E-state index in [0.717, 1.165) is 28.1 Å². The standard InChI is InChI=1S/C17H17N7O2/c1-23-8-10(7-18-23)11-4-5-14(26-3)12-6-15(19-16(11)12)20-17(25)13-9-24(2)22-21-13/h4-5,7-9H,6H2,1-3H3,(H,19,20,25). The van der Waals surface area contributed by atoms with Crippen molar-refractivity contribution in [3.05, 3.63) is 42.0 Å². The summed E-state index contributed by atoms with van der Waals surface area (Å²) in [5.74, 6) is 0.942. The van der Waals surface area contributed by atoms with E-state index in [1.165, 1.54) is 4.68 Å². The number of hydrogen-bond acceptors (Lipinski definition) is 6. The van der Waals surface area contributed by atoms with Crippen molar-refractivity contribution in [2.75, 3.05) is 7.11 Å². The van der Waals surface area contributed by atoms with Gasteiger partial charge in [0.2, 0.25) is 0 Å². The van der Waals surface area contributed by atoms with Gasteiger partial charge >= 0.3 is 0 Å². The lowest BCUT2D eigenvalue weighted by atomic mass is 10.0. The molecule has 1 N–H and O–H groups in total. The first kappa shape index (κ1) is 16.0. The molecule has 2 aromatic heterocycles. The minimum Gasteiger partial charge on any atom is -0.496 e. The monoisotopic (exact) mass is 351 g/mol. The van der Waals surface area contributed by atoms with E-state index in [1.54, 1.807) is 31.2 Å². The molecule has 0 radical (unpaired) electrons. The van der Waals surface area contributed by atoms with E-state index in [4.69, 9.17) is 4.74 Å². The van der Waals surface area contributed by atoms with Crippen molar-refractivity contribution in [1.82, 2.24) is 30.1 Å². The molecule has 0 saturated carbocycles. The van der Waals surface area contributed by atoms with Crippen LogP contribution in [0.1, 0.15) is 16.1 Å². The van der Waals surface area contributed by atoms with Gasteiger partial charge in [0.25, 0.3) is 5.91 Å². The van der Waals surface area contributed by atoms with Crippen molar-refractivity contribution in [3.8, 4) is 16.9 Å². The Morgan fingerprint density at radius 2 is 2.08 bits per heavy atom. The molecule has 3 heterocycles. The second kappa shape index (κ2) is 6.10. The molecule has 1 aliphatic heterocycles. The van der Waals surface area contributed by atoms with Crippen LogP contribution < -0.4 is 10.1 Å². The van der Waals surface area contributed by atoms with Crippen LogP contribution in [0.4, 0.5) is 5.69 Å². The number of nitrogens with one attached hydrogen (secondary N) is 1. The number of aliphatic imine (C=N–C) groups is 1. The van der Waals surface area contributed by atoms with E-state index < -0.39 is 0 Å². The zero-order chi connectivity index (χ0) is 18.3. The molecule has 0 fully saturated rings. The summed E-state index contributed by atoms with van der Waals surface area (Å²) in [6, 6.07) is 3.86. The highest BCUT2D eigenvalue weighted by molar-refractivity contribution is 6.09. The number of aryl methyl sites for hydroxylation is 2. The van der Waals surface area contributed by atoms with Crippen LogP contribution in [0.3, 0.4) is 0 Å². The summed E-state index contributed by atoms with van der Waals surface area (Å²) < 4.78 is 8.68. The number of fused-ring (bicyclic) bond motifs is 1. The van der Waals surface area contributed by atoms with Gasteiger partial charge in [-0.25, -0.2) is 4.99 Å². The summed E-state index contributed by atoms with van der Waals surface area (Å²) in [6.07, 6.45) is 5.74. The van der Waals surface area contributed by atoms with Crippen LogP contribution in [0.2, 0.25) is 0 Å². The van der Waals surface area contributed by atoms with Crippen LogP contribution in [0.15, 0.2) is 35.7 Å². The molecule has 0 unspecified atom stereocenters. The molecule has 1 aliphatic rings. The number of amides is 1. The average molecular weight is 351 g/mol. The Kier molecular flexibility index (Phi) is 3.76. The molecule has 9 heteroatoms. The van der Waals surface area contributed by atoms with Gasteiger partial charge in [0.05, 0.1) is 25.2 Å². The van der Waals surface area contributed by atoms with Crippen molar-refractivity contribution in [2.24, 2.45) is 19.1 Å². The Morgan fingerprint density at radius 1 is 1.23 bits per heavy atom. The molecular weight excluding hydrogens is 334 g/mol. The quantitative estimate of drug-likeness (QED) is 0.765. The zero-order valence-corrected chi connectivity index (χ0v) is 14.6. The summed E-state index contributed by atoms with van der Waals surface area (Å²) in [4.78, 5) is 17.0. The maximum Gasteiger partial charge on any atom is 0.278 e. The largest absolute Gasteiger partial charge is 0.496 e. The van der Waals surface area contributed by atoms with Crippen LogP contribution in [0.5, 0.6) is 5.75 Å². The topological polar surface area (TPSA) is 99.2 Å².